The van der Waals surface area contributed by atoms with Crippen LogP contribution in [0.5, 0.6) is 0 Å². The van der Waals surface area contributed by atoms with E-state index in [4.69, 9.17) is 23.2 Å². The summed E-state index contributed by atoms with van der Waals surface area (Å²) < 4.78 is 2.03. The Morgan fingerprint density at radius 2 is 1.50 bits per heavy atom. The zero-order valence-corrected chi connectivity index (χ0v) is 15.9. The van der Waals surface area contributed by atoms with Gasteiger partial charge in [0.05, 0.1) is 31.4 Å². The molecule has 3 rings (SSSR count). The molecular weight excluding hydrogens is 375 g/mol. The molecule has 1 heterocycles. The second-order valence-corrected chi connectivity index (χ2v) is 7.72. The first kappa shape index (κ1) is 19.4. The number of fused-ring (bicyclic) bond motifs is 3. The minimum absolute atomic E-state index is 0.220. The minimum Gasteiger partial charge on any atom is -0.394 e. The topological polar surface area (TPSA) is 77.7 Å². The molecule has 0 radical (unpaired) electrons. The number of β-amino-alcohol motifs (C(OH)–C–C–N with tert-alkyl or cyclic N) is 1. The summed E-state index contributed by atoms with van der Waals surface area (Å²) in [6, 6.07) is 11.3. The monoisotopic (exact) mass is 396 g/mol. The van der Waals surface area contributed by atoms with Gasteiger partial charge in [-0.15, -0.1) is 0 Å². The second kappa shape index (κ2) is 7.72. The van der Waals surface area contributed by atoms with Gasteiger partial charge in [-0.05, 0) is 43.3 Å². The first-order chi connectivity index (χ1) is 12.4. The number of aromatic nitrogens is 1. The summed E-state index contributed by atoms with van der Waals surface area (Å²) in [5.41, 5.74) is 1.08. The number of hydrogen-bond donors (Lipinski definition) is 4. The van der Waals surface area contributed by atoms with Gasteiger partial charge in [0.1, 0.15) is 0 Å². The Labute approximate surface area is 161 Å². The molecule has 1 aromatic heterocycles. The summed E-state index contributed by atoms with van der Waals surface area (Å²) in [5.74, 6) is 0. The summed E-state index contributed by atoms with van der Waals surface area (Å²) >= 11 is 12.3. The highest BCUT2D eigenvalue weighted by atomic mass is 35.5. The molecule has 3 aromatic rings. The van der Waals surface area contributed by atoms with E-state index >= 15 is 0 Å². The molecule has 1 unspecified atom stereocenters. The third-order valence-corrected chi connectivity index (χ3v) is 5.11. The Morgan fingerprint density at radius 1 is 1.00 bits per heavy atom. The number of aliphatic hydroxyl groups is 3. The Bertz CT molecular complexity index is 863. The molecular formula is C19H22Cl2N2O3. The quantitative estimate of drug-likeness (QED) is 0.495. The lowest BCUT2D eigenvalue weighted by Gasteiger charge is -2.28. The third-order valence-electron chi connectivity index (χ3n) is 4.64. The lowest BCUT2D eigenvalue weighted by atomic mass is 10.1. The van der Waals surface area contributed by atoms with E-state index in [1.807, 2.05) is 41.0 Å². The van der Waals surface area contributed by atoms with Crippen LogP contribution in [0.15, 0.2) is 36.4 Å². The predicted octanol–water partition coefficient (Wildman–Crippen LogP) is 2.80. The van der Waals surface area contributed by atoms with Crippen molar-refractivity contribution in [3.05, 3.63) is 46.4 Å². The van der Waals surface area contributed by atoms with Gasteiger partial charge in [-0.2, -0.15) is 0 Å². The van der Waals surface area contributed by atoms with Crippen LogP contribution in [0.1, 0.15) is 6.92 Å². The molecule has 0 saturated carbocycles. The van der Waals surface area contributed by atoms with Crippen molar-refractivity contribution in [2.24, 2.45) is 0 Å². The molecule has 0 aliphatic heterocycles. The van der Waals surface area contributed by atoms with Gasteiger partial charge in [-0.1, -0.05) is 23.2 Å². The van der Waals surface area contributed by atoms with E-state index in [1.54, 1.807) is 6.92 Å². The van der Waals surface area contributed by atoms with Gasteiger partial charge in [-0.3, -0.25) is 0 Å². The molecule has 0 saturated heterocycles. The number of benzene rings is 2. The number of hydrogen-bond acceptors (Lipinski definition) is 4. The van der Waals surface area contributed by atoms with Gasteiger partial charge in [0.2, 0.25) is 0 Å². The maximum Gasteiger partial charge on any atom is 0.0843 e. The molecule has 1 atom stereocenters. The summed E-state index contributed by atoms with van der Waals surface area (Å²) in [6.45, 7) is 1.85. The van der Waals surface area contributed by atoms with Crippen molar-refractivity contribution in [1.29, 1.82) is 0 Å². The van der Waals surface area contributed by atoms with Crippen molar-refractivity contribution >= 4 is 45.0 Å². The first-order valence-electron chi connectivity index (χ1n) is 8.39. The van der Waals surface area contributed by atoms with Gasteiger partial charge in [0, 0.05) is 38.4 Å². The molecule has 0 aliphatic rings. The van der Waals surface area contributed by atoms with Crippen LogP contribution in [0.2, 0.25) is 10.0 Å². The average molecular weight is 397 g/mol. The summed E-state index contributed by atoms with van der Waals surface area (Å²) in [5, 5.41) is 35.5. The smallest absolute Gasteiger partial charge is 0.0843 e. The normalized spacial score (nSPS) is 13.6. The predicted molar refractivity (Wildman–Crippen MR) is 106 cm³/mol. The van der Waals surface area contributed by atoms with E-state index in [0.717, 1.165) is 21.8 Å². The minimum atomic E-state index is -0.831. The number of rotatable bonds is 7. The zero-order chi connectivity index (χ0) is 18.9. The number of aliphatic hydroxyl groups excluding tert-OH is 3. The largest absolute Gasteiger partial charge is 0.394 e. The fraction of sp³-hybridized carbons (Fsp3) is 0.368. The maximum atomic E-state index is 10.5. The molecule has 0 amide bonds. The fourth-order valence-electron chi connectivity index (χ4n) is 3.05. The van der Waals surface area contributed by atoms with Gasteiger partial charge in [0.25, 0.3) is 0 Å². The molecule has 0 spiro atoms. The molecule has 7 heteroatoms. The Morgan fingerprint density at radius 3 is 1.96 bits per heavy atom. The Hall–Kier alpha value is -1.34. The lowest BCUT2D eigenvalue weighted by Crippen LogP contribution is -2.51. The van der Waals surface area contributed by atoms with Crippen LogP contribution in [0, 0.1) is 0 Å². The van der Waals surface area contributed by atoms with E-state index in [9.17, 15) is 15.3 Å². The molecule has 26 heavy (non-hydrogen) atoms. The van der Waals surface area contributed by atoms with E-state index in [-0.39, 0.29) is 19.8 Å². The summed E-state index contributed by atoms with van der Waals surface area (Å²) in [7, 11) is 0. The zero-order valence-electron chi connectivity index (χ0n) is 14.4. The van der Waals surface area contributed by atoms with Crippen LogP contribution >= 0.6 is 23.2 Å². The Balaban J connectivity index is 1.94. The van der Waals surface area contributed by atoms with E-state index in [2.05, 4.69) is 5.32 Å². The van der Waals surface area contributed by atoms with Crippen LogP contribution in [0.25, 0.3) is 21.8 Å². The van der Waals surface area contributed by atoms with E-state index in [0.29, 0.717) is 16.6 Å². The van der Waals surface area contributed by atoms with E-state index < -0.39 is 11.6 Å². The molecule has 5 nitrogen and oxygen atoms in total. The van der Waals surface area contributed by atoms with Gasteiger partial charge < -0.3 is 25.2 Å². The molecule has 4 N–H and O–H groups in total. The number of nitrogens with one attached hydrogen (secondary N) is 1. The highest BCUT2D eigenvalue weighted by molar-refractivity contribution is 6.33. The molecule has 2 aromatic carbocycles. The van der Waals surface area contributed by atoms with Crippen molar-refractivity contribution in [1.82, 2.24) is 9.88 Å². The van der Waals surface area contributed by atoms with Crippen LogP contribution in [-0.4, -0.2) is 51.3 Å². The molecule has 140 valence electrons. The highest BCUT2D eigenvalue weighted by Gasteiger charge is 2.23. The first-order valence-corrected chi connectivity index (χ1v) is 9.14. The molecule has 0 bridgehead atoms. The average Bonchev–Trinajstić information content (AvgIpc) is 2.92. The van der Waals surface area contributed by atoms with Crippen LogP contribution in [-0.2, 0) is 6.54 Å². The van der Waals surface area contributed by atoms with E-state index in [1.165, 1.54) is 0 Å². The van der Waals surface area contributed by atoms with Crippen molar-refractivity contribution in [3.8, 4) is 0 Å². The maximum absolute atomic E-state index is 10.5. The van der Waals surface area contributed by atoms with Gasteiger partial charge >= 0.3 is 0 Å². The van der Waals surface area contributed by atoms with Crippen LogP contribution < -0.4 is 5.32 Å². The molecule has 0 aliphatic carbocycles. The SMILES string of the molecule is CC(CO)(CO)NCC(O)Cn1c2ccc(Cl)cc2c2cc(Cl)ccc21. The highest BCUT2D eigenvalue weighted by Crippen LogP contribution is 2.33. The summed E-state index contributed by atoms with van der Waals surface area (Å²) in [6.07, 6.45) is -0.711. The number of nitrogens with zero attached hydrogens (tertiary/aromatic N) is 1. The summed E-state index contributed by atoms with van der Waals surface area (Å²) in [4.78, 5) is 0. The van der Waals surface area contributed by atoms with Crippen molar-refractivity contribution in [2.75, 3.05) is 19.8 Å². The number of halogens is 2. The fourth-order valence-corrected chi connectivity index (χ4v) is 3.39. The Kier molecular flexibility index (Phi) is 5.77. The van der Waals surface area contributed by atoms with Crippen LogP contribution in [0.3, 0.4) is 0 Å². The van der Waals surface area contributed by atoms with Gasteiger partial charge in [-0.25, -0.2) is 0 Å². The second-order valence-electron chi connectivity index (χ2n) is 6.85. The van der Waals surface area contributed by atoms with Crippen molar-refractivity contribution < 1.29 is 15.3 Å². The van der Waals surface area contributed by atoms with Crippen LogP contribution in [0.4, 0.5) is 0 Å². The van der Waals surface area contributed by atoms with Crippen molar-refractivity contribution in [2.45, 2.75) is 25.1 Å². The van der Waals surface area contributed by atoms with Crippen molar-refractivity contribution in [3.63, 3.8) is 0 Å². The van der Waals surface area contributed by atoms with Gasteiger partial charge in [0.15, 0.2) is 0 Å². The standard InChI is InChI=1S/C19H22Cl2N2O3/c1-19(10-24,11-25)22-8-14(26)9-23-17-4-2-12(20)6-15(17)16-7-13(21)3-5-18(16)23/h2-7,14,22,24-26H,8-11H2,1H3. The lowest BCUT2D eigenvalue weighted by molar-refractivity contribution is 0.0808. The molecule has 0 fully saturated rings. The third kappa shape index (κ3) is 3.83.